The van der Waals surface area contributed by atoms with Crippen molar-refractivity contribution in [3.8, 4) is 0 Å². The van der Waals surface area contributed by atoms with Gasteiger partial charge in [-0.3, -0.25) is 0 Å². The number of hydrogen-bond donors (Lipinski definition) is 4. The molecule has 0 rings (SSSR count). The summed E-state index contributed by atoms with van der Waals surface area (Å²) in [6.07, 6.45) is 6.67. The maximum Gasteiger partial charge on any atom is 0.0701 e. The van der Waals surface area contributed by atoms with Crippen molar-refractivity contribution in [3.63, 3.8) is 0 Å². The molecule has 0 saturated heterocycles. The van der Waals surface area contributed by atoms with E-state index in [0.717, 1.165) is 51.6 Å². The normalized spacial score (nSPS) is 10.3. The zero-order valence-electron chi connectivity index (χ0n) is 13.2. The summed E-state index contributed by atoms with van der Waals surface area (Å²) in [6, 6.07) is 0. The Bertz CT molecular complexity index is 141. The lowest BCUT2D eigenvalue weighted by Gasteiger charge is -2.04. The molecule has 0 bridgehead atoms. The largest absolute Gasteiger partial charge is 0.396 e. The van der Waals surface area contributed by atoms with Gasteiger partial charge in [0.2, 0.25) is 0 Å². The summed E-state index contributed by atoms with van der Waals surface area (Å²) in [5, 5.41) is 33.5. The Morgan fingerprint density at radius 3 is 1.24 bits per heavy atom. The van der Waals surface area contributed by atoms with Gasteiger partial charge in [0.25, 0.3) is 0 Å². The Balaban J connectivity index is 0. The van der Waals surface area contributed by atoms with Crippen LogP contribution in [0, 0.1) is 0 Å². The first-order chi connectivity index (χ1) is 10.3. The Hall–Kier alpha value is -0.240. The van der Waals surface area contributed by atoms with Crippen molar-refractivity contribution < 1.29 is 29.9 Å². The van der Waals surface area contributed by atoms with Crippen molar-refractivity contribution in [2.75, 3.05) is 52.9 Å². The van der Waals surface area contributed by atoms with Crippen LogP contribution in [0.1, 0.15) is 44.9 Å². The molecule has 6 nitrogen and oxygen atoms in total. The smallest absolute Gasteiger partial charge is 0.0701 e. The van der Waals surface area contributed by atoms with E-state index in [4.69, 9.17) is 29.9 Å². The molecule has 0 spiro atoms. The number of hydrogen-bond acceptors (Lipinski definition) is 6. The van der Waals surface area contributed by atoms with Gasteiger partial charge in [-0.15, -0.1) is 0 Å². The van der Waals surface area contributed by atoms with Crippen LogP contribution in [0.4, 0.5) is 0 Å². The molecule has 0 aliphatic heterocycles. The molecule has 0 aromatic rings. The number of rotatable bonds is 15. The lowest BCUT2D eigenvalue weighted by Crippen LogP contribution is -2.07. The molecule has 0 unspecified atom stereocenters. The van der Waals surface area contributed by atoms with E-state index in [0.29, 0.717) is 19.8 Å². The molecule has 0 atom stereocenters. The Labute approximate surface area is 128 Å². The molecule has 0 fully saturated rings. The zero-order valence-corrected chi connectivity index (χ0v) is 13.2. The van der Waals surface area contributed by atoms with Crippen LogP contribution in [0.2, 0.25) is 0 Å². The van der Waals surface area contributed by atoms with Crippen molar-refractivity contribution in [1.29, 1.82) is 0 Å². The van der Waals surface area contributed by atoms with Gasteiger partial charge in [-0.1, -0.05) is 12.8 Å². The summed E-state index contributed by atoms with van der Waals surface area (Å²) in [6.45, 7) is 3.13. The zero-order chi connectivity index (χ0) is 16.0. The van der Waals surface area contributed by atoms with Crippen LogP contribution in [-0.2, 0) is 9.47 Å². The van der Waals surface area contributed by atoms with Gasteiger partial charge in [-0.2, -0.15) is 0 Å². The van der Waals surface area contributed by atoms with Crippen LogP contribution in [0.3, 0.4) is 0 Å². The summed E-state index contributed by atoms with van der Waals surface area (Å²) in [5.74, 6) is 0. The maximum absolute atomic E-state index is 8.48. The van der Waals surface area contributed by atoms with Crippen LogP contribution < -0.4 is 0 Å². The highest BCUT2D eigenvalue weighted by Crippen LogP contribution is 1.96. The number of aliphatic hydroxyl groups is 4. The first-order valence-electron chi connectivity index (χ1n) is 7.92. The molecule has 130 valence electrons. The average molecular weight is 310 g/mol. The van der Waals surface area contributed by atoms with Gasteiger partial charge in [0.15, 0.2) is 0 Å². The van der Waals surface area contributed by atoms with Gasteiger partial charge in [0.1, 0.15) is 0 Å². The van der Waals surface area contributed by atoms with Gasteiger partial charge in [0.05, 0.1) is 26.4 Å². The molecule has 0 aromatic heterocycles. The van der Waals surface area contributed by atoms with Gasteiger partial charge in [-0.05, 0) is 32.1 Å². The second-order valence-corrected chi connectivity index (χ2v) is 4.59. The van der Waals surface area contributed by atoms with E-state index in [-0.39, 0.29) is 26.4 Å². The van der Waals surface area contributed by atoms with E-state index in [1.165, 1.54) is 0 Å². The minimum atomic E-state index is 0.0660. The molecule has 6 heteroatoms. The molecule has 0 radical (unpaired) electrons. The third kappa shape index (κ3) is 28.6. The van der Waals surface area contributed by atoms with E-state index in [9.17, 15) is 0 Å². The Morgan fingerprint density at radius 1 is 0.381 bits per heavy atom. The standard InChI is InChI=1S/C9H20O4.C6H14O2/c10-4-2-1-3-6-12-8-9-13-7-5-11;7-5-3-1-2-4-6-8/h10-11H,1-9H2;7-8H,1-6H2. The van der Waals surface area contributed by atoms with E-state index >= 15 is 0 Å². The summed E-state index contributed by atoms with van der Waals surface area (Å²) < 4.78 is 10.2. The van der Waals surface area contributed by atoms with Crippen molar-refractivity contribution in [2.24, 2.45) is 0 Å². The first kappa shape index (κ1) is 23.0. The predicted molar refractivity (Wildman–Crippen MR) is 82.3 cm³/mol. The minimum Gasteiger partial charge on any atom is -0.396 e. The van der Waals surface area contributed by atoms with Crippen molar-refractivity contribution in [1.82, 2.24) is 0 Å². The fourth-order valence-corrected chi connectivity index (χ4v) is 1.46. The van der Waals surface area contributed by atoms with E-state index < -0.39 is 0 Å². The quantitative estimate of drug-likeness (QED) is 0.332. The molecule has 0 aliphatic carbocycles. The minimum absolute atomic E-state index is 0.0660. The predicted octanol–water partition coefficient (Wildman–Crippen LogP) is 0.706. The van der Waals surface area contributed by atoms with Gasteiger partial charge < -0.3 is 29.9 Å². The third-order valence-electron chi connectivity index (χ3n) is 2.62. The summed E-state index contributed by atoms with van der Waals surface area (Å²) >= 11 is 0. The molecular formula is C15H34O6. The lowest BCUT2D eigenvalue weighted by molar-refractivity contribution is 0.0319. The molecule has 0 aromatic carbocycles. The second-order valence-electron chi connectivity index (χ2n) is 4.59. The first-order valence-corrected chi connectivity index (χ1v) is 7.92. The molecular weight excluding hydrogens is 276 g/mol. The number of aliphatic hydroxyl groups excluding tert-OH is 4. The van der Waals surface area contributed by atoms with E-state index in [1.807, 2.05) is 0 Å². The lowest BCUT2D eigenvalue weighted by atomic mass is 10.2. The molecule has 0 aliphatic rings. The van der Waals surface area contributed by atoms with Crippen LogP contribution in [0.15, 0.2) is 0 Å². The van der Waals surface area contributed by atoms with Crippen LogP contribution in [0.5, 0.6) is 0 Å². The van der Waals surface area contributed by atoms with Crippen LogP contribution in [0.25, 0.3) is 0 Å². The SMILES string of the molecule is OCCCCCCO.OCCCCCOCCOCCO. The average Bonchev–Trinajstić information content (AvgIpc) is 2.51. The molecule has 4 N–H and O–H groups in total. The third-order valence-corrected chi connectivity index (χ3v) is 2.62. The van der Waals surface area contributed by atoms with Crippen molar-refractivity contribution >= 4 is 0 Å². The van der Waals surface area contributed by atoms with Crippen molar-refractivity contribution in [3.05, 3.63) is 0 Å². The Kier molecular flexibility index (Phi) is 27.2. The Morgan fingerprint density at radius 2 is 0.810 bits per heavy atom. The number of ether oxygens (including phenoxy) is 2. The topological polar surface area (TPSA) is 99.4 Å². The van der Waals surface area contributed by atoms with Gasteiger partial charge in [-0.25, -0.2) is 0 Å². The second kappa shape index (κ2) is 24.8. The fraction of sp³-hybridized carbons (Fsp3) is 1.00. The summed E-state index contributed by atoms with van der Waals surface area (Å²) in [4.78, 5) is 0. The highest BCUT2D eigenvalue weighted by atomic mass is 16.5. The molecule has 0 amide bonds. The molecule has 21 heavy (non-hydrogen) atoms. The van der Waals surface area contributed by atoms with Gasteiger partial charge >= 0.3 is 0 Å². The molecule has 0 saturated carbocycles. The van der Waals surface area contributed by atoms with Gasteiger partial charge in [0, 0.05) is 26.4 Å². The van der Waals surface area contributed by atoms with E-state index in [1.54, 1.807) is 0 Å². The van der Waals surface area contributed by atoms with Crippen LogP contribution >= 0.6 is 0 Å². The summed E-state index contributed by atoms with van der Waals surface area (Å²) in [5.41, 5.74) is 0. The number of unbranched alkanes of at least 4 members (excludes halogenated alkanes) is 5. The maximum atomic E-state index is 8.48. The highest BCUT2D eigenvalue weighted by molar-refractivity contribution is 4.40. The monoisotopic (exact) mass is 310 g/mol. The molecule has 0 heterocycles. The van der Waals surface area contributed by atoms with Crippen LogP contribution in [-0.4, -0.2) is 73.3 Å². The van der Waals surface area contributed by atoms with E-state index in [2.05, 4.69) is 0 Å². The fourth-order valence-electron chi connectivity index (χ4n) is 1.46. The van der Waals surface area contributed by atoms with Crippen molar-refractivity contribution in [2.45, 2.75) is 44.9 Å². The summed E-state index contributed by atoms with van der Waals surface area (Å²) in [7, 11) is 0. The highest BCUT2D eigenvalue weighted by Gasteiger charge is 1.90.